The summed E-state index contributed by atoms with van der Waals surface area (Å²) in [5.41, 5.74) is -0.526. The van der Waals surface area contributed by atoms with Gasteiger partial charge >= 0.3 is 6.18 Å². The molecule has 0 radical (unpaired) electrons. The first kappa shape index (κ1) is 22.6. The number of amides is 1. The third-order valence-corrected chi connectivity index (χ3v) is 5.71. The fourth-order valence-electron chi connectivity index (χ4n) is 3.10. The van der Waals surface area contributed by atoms with E-state index in [1.165, 1.54) is 12.1 Å². The topological polar surface area (TPSA) is 68.0 Å². The summed E-state index contributed by atoms with van der Waals surface area (Å²) in [4.78, 5) is 21.2. The summed E-state index contributed by atoms with van der Waals surface area (Å²) in [6, 6.07) is 4.60. The van der Waals surface area contributed by atoms with Gasteiger partial charge in [-0.1, -0.05) is 29.5 Å². The van der Waals surface area contributed by atoms with Crippen molar-refractivity contribution in [3.8, 4) is 21.9 Å². The number of halogens is 5. The van der Waals surface area contributed by atoms with Crippen molar-refractivity contribution >= 4 is 22.4 Å². The molecule has 3 aromatic rings. The maximum Gasteiger partial charge on any atom is 0.416 e. The van der Waals surface area contributed by atoms with Crippen LogP contribution in [0.5, 0.6) is 0 Å². The number of anilines is 1. The number of aromatic nitrogens is 2. The predicted octanol–water partition coefficient (Wildman–Crippen LogP) is 6.77. The van der Waals surface area contributed by atoms with Crippen LogP contribution < -0.4 is 5.32 Å². The first-order valence-electron chi connectivity index (χ1n) is 9.45. The van der Waals surface area contributed by atoms with Crippen molar-refractivity contribution in [3.63, 3.8) is 0 Å². The van der Waals surface area contributed by atoms with Crippen molar-refractivity contribution in [2.75, 3.05) is 5.32 Å². The smallest absolute Gasteiger partial charge is 0.416 e. The Bertz CT molecular complexity index is 1320. The van der Waals surface area contributed by atoms with Gasteiger partial charge in [0, 0.05) is 6.42 Å². The van der Waals surface area contributed by atoms with Crippen LogP contribution in [0.1, 0.15) is 17.7 Å². The number of oxazole rings is 1. The highest BCUT2D eigenvalue weighted by molar-refractivity contribution is 7.19. The van der Waals surface area contributed by atoms with Crippen molar-refractivity contribution in [2.45, 2.75) is 19.5 Å². The first-order valence-corrected chi connectivity index (χ1v) is 10.3. The van der Waals surface area contributed by atoms with Gasteiger partial charge in [-0.3, -0.25) is 10.1 Å². The standard InChI is InChI=1S/C22H14F5N3O2S/c1-11-18(32-10-28-11)17-19(12-4-2-5-13(8-12)22(25,26)27)33-21(29-17)30-20(31)15-9-14(23)6-3-7-16(15)24/h2-8,10H,9H2,1H3,(H,29,30,31). The Balaban J connectivity index is 1.76. The minimum Gasteiger partial charge on any atom is -0.442 e. The average Bonchev–Trinajstić information content (AvgIpc) is 3.32. The number of hydrogen-bond acceptors (Lipinski definition) is 5. The van der Waals surface area contributed by atoms with Crippen LogP contribution in [0.3, 0.4) is 0 Å². The lowest BCUT2D eigenvalue weighted by atomic mass is 10.1. The zero-order valence-electron chi connectivity index (χ0n) is 16.8. The van der Waals surface area contributed by atoms with Gasteiger partial charge in [0.15, 0.2) is 17.3 Å². The molecule has 170 valence electrons. The van der Waals surface area contributed by atoms with Crippen molar-refractivity contribution < 1.29 is 31.2 Å². The van der Waals surface area contributed by atoms with Gasteiger partial charge in [-0.15, -0.1) is 0 Å². The highest BCUT2D eigenvalue weighted by Gasteiger charge is 2.31. The Morgan fingerprint density at radius 3 is 2.73 bits per heavy atom. The Hall–Kier alpha value is -3.60. The van der Waals surface area contributed by atoms with Crippen LogP contribution in [0.25, 0.3) is 21.9 Å². The second kappa shape index (κ2) is 8.74. The van der Waals surface area contributed by atoms with E-state index in [2.05, 4.69) is 15.3 Å². The summed E-state index contributed by atoms with van der Waals surface area (Å²) in [5, 5.41) is 2.37. The summed E-state index contributed by atoms with van der Waals surface area (Å²) >= 11 is 0.869. The number of thiazole rings is 1. The molecule has 1 aliphatic carbocycles. The Kier molecular flexibility index (Phi) is 5.98. The fraction of sp³-hybridized carbons (Fsp3) is 0.136. The SMILES string of the molecule is Cc1ncoc1-c1nc(NC(=O)C2=C(F)C=CC=C(F)C2)sc1-c1cccc(C(F)(F)F)c1. The highest BCUT2D eigenvalue weighted by Crippen LogP contribution is 2.42. The van der Waals surface area contributed by atoms with E-state index in [9.17, 15) is 26.7 Å². The van der Waals surface area contributed by atoms with Crippen LogP contribution in [0.15, 0.2) is 70.5 Å². The predicted molar refractivity (Wildman–Crippen MR) is 112 cm³/mol. The van der Waals surface area contributed by atoms with Crippen LogP contribution in [0.4, 0.5) is 27.1 Å². The van der Waals surface area contributed by atoms with Crippen LogP contribution >= 0.6 is 11.3 Å². The minimum absolute atomic E-state index is 0.0314. The molecule has 5 nitrogen and oxygen atoms in total. The molecule has 0 bridgehead atoms. The van der Waals surface area contributed by atoms with Crippen molar-refractivity contribution in [3.05, 3.63) is 77.4 Å². The second-order valence-electron chi connectivity index (χ2n) is 6.97. The normalized spacial score (nSPS) is 14.3. The van der Waals surface area contributed by atoms with Gasteiger partial charge in [0.2, 0.25) is 0 Å². The van der Waals surface area contributed by atoms with E-state index in [1.54, 1.807) is 6.92 Å². The molecule has 0 aliphatic heterocycles. The molecular formula is C22H14F5N3O2S. The molecule has 1 aliphatic rings. The number of allylic oxidation sites excluding steroid dienone is 5. The van der Waals surface area contributed by atoms with Crippen molar-refractivity contribution in [2.24, 2.45) is 0 Å². The number of aryl methyl sites for hydroxylation is 1. The molecule has 0 fully saturated rings. The summed E-state index contributed by atoms with van der Waals surface area (Å²) in [6.45, 7) is 1.62. The van der Waals surface area contributed by atoms with E-state index in [0.717, 1.165) is 48.1 Å². The monoisotopic (exact) mass is 479 g/mol. The van der Waals surface area contributed by atoms with E-state index in [1.807, 2.05) is 0 Å². The number of carbonyl (C=O) groups excluding carboxylic acids is 1. The van der Waals surface area contributed by atoms with E-state index >= 15 is 0 Å². The van der Waals surface area contributed by atoms with Crippen LogP contribution in [0, 0.1) is 6.92 Å². The Labute approximate surface area is 188 Å². The van der Waals surface area contributed by atoms with Gasteiger partial charge in [0.05, 0.1) is 21.7 Å². The average molecular weight is 479 g/mol. The molecular weight excluding hydrogens is 465 g/mol. The zero-order valence-corrected chi connectivity index (χ0v) is 17.7. The third kappa shape index (κ3) is 4.77. The molecule has 0 atom stereocenters. The molecule has 2 aromatic heterocycles. The lowest BCUT2D eigenvalue weighted by Gasteiger charge is -2.08. The van der Waals surface area contributed by atoms with Gasteiger partial charge in [-0.2, -0.15) is 13.2 Å². The van der Waals surface area contributed by atoms with Crippen LogP contribution in [-0.2, 0) is 11.0 Å². The molecule has 0 unspecified atom stereocenters. The molecule has 1 aromatic carbocycles. The van der Waals surface area contributed by atoms with Gasteiger partial charge in [0.1, 0.15) is 17.3 Å². The number of nitrogens with one attached hydrogen (secondary N) is 1. The van der Waals surface area contributed by atoms with Gasteiger partial charge in [0.25, 0.3) is 5.91 Å². The van der Waals surface area contributed by atoms with Gasteiger partial charge in [-0.05, 0) is 36.8 Å². The van der Waals surface area contributed by atoms with Crippen LogP contribution in [-0.4, -0.2) is 15.9 Å². The molecule has 0 saturated heterocycles. The minimum atomic E-state index is -4.56. The van der Waals surface area contributed by atoms with E-state index in [4.69, 9.17) is 4.42 Å². The molecule has 1 N–H and O–H groups in total. The highest BCUT2D eigenvalue weighted by atomic mass is 32.1. The number of hydrogen-bond donors (Lipinski definition) is 1. The second-order valence-corrected chi connectivity index (χ2v) is 7.97. The Morgan fingerprint density at radius 1 is 1.24 bits per heavy atom. The lowest BCUT2D eigenvalue weighted by molar-refractivity contribution is -0.137. The number of nitrogens with zero attached hydrogens (tertiary/aromatic N) is 2. The quantitative estimate of drug-likeness (QED) is 0.420. The maximum atomic E-state index is 14.2. The number of benzene rings is 1. The molecule has 11 heteroatoms. The summed E-state index contributed by atoms with van der Waals surface area (Å²) in [5.74, 6) is -2.33. The first-order chi connectivity index (χ1) is 15.6. The number of rotatable bonds is 4. The maximum absolute atomic E-state index is 14.2. The molecule has 0 spiro atoms. The molecule has 0 saturated carbocycles. The summed E-state index contributed by atoms with van der Waals surface area (Å²) in [7, 11) is 0. The van der Waals surface area contributed by atoms with Gasteiger partial charge in [-0.25, -0.2) is 18.7 Å². The van der Waals surface area contributed by atoms with Crippen molar-refractivity contribution in [1.29, 1.82) is 0 Å². The van der Waals surface area contributed by atoms with Crippen LogP contribution in [0.2, 0.25) is 0 Å². The van der Waals surface area contributed by atoms with Gasteiger partial charge < -0.3 is 4.42 Å². The summed E-state index contributed by atoms with van der Waals surface area (Å²) in [6.07, 6.45) is -0.810. The van der Waals surface area contributed by atoms with Crippen molar-refractivity contribution in [1.82, 2.24) is 9.97 Å². The number of alkyl halides is 3. The fourth-order valence-corrected chi connectivity index (χ4v) is 4.05. The molecule has 2 heterocycles. The van der Waals surface area contributed by atoms with E-state index in [0.29, 0.717) is 5.69 Å². The molecule has 4 rings (SSSR count). The summed E-state index contributed by atoms with van der Waals surface area (Å²) < 4.78 is 73.0. The van der Waals surface area contributed by atoms with E-state index < -0.39 is 41.3 Å². The largest absolute Gasteiger partial charge is 0.442 e. The third-order valence-electron chi connectivity index (χ3n) is 4.69. The lowest BCUT2D eigenvalue weighted by Crippen LogP contribution is -2.15. The van der Waals surface area contributed by atoms with E-state index in [-0.39, 0.29) is 27.0 Å². The molecule has 1 amide bonds. The zero-order chi connectivity index (χ0) is 23.8. The Morgan fingerprint density at radius 2 is 2.03 bits per heavy atom. The molecule has 33 heavy (non-hydrogen) atoms. The number of carbonyl (C=O) groups is 1.